The van der Waals surface area contributed by atoms with Crippen molar-refractivity contribution >= 4 is 0 Å². The van der Waals surface area contributed by atoms with E-state index >= 15 is 0 Å². The van der Waals surface area contributed by atoms with Gasteiger partial charge in [0.2, 0.25) is 0 Å². The second-order valence-electron chi connectivity index (χ2n) is 4.38. The summed E-state index contributed by atoms with van der Waals surface area (Å²) in [7, 11) is 0. The van der Waals surface area contributed by atoms with E-state index in [4.69, 9.17) is 4.74 Å². The SMILES string of the molecule is C=C(C)C(NCCC)C1OCCC1C. The molecule has 0 radical (unpaired) electrons. The number of ether oxygens (including phenoxy) is 1. The Morgan fingerprint density at radius 3 is 2.79 bits per heavy atom. The Morgan fingerprint density at radius 2 is 2.36 bits per heavy atom. The third-order valence-electron chi connectivity index (χ3n) is 2.92. The van der Waals surface area contributed by atoms with Crippen LogP contribution in [0.1, 0.15) is 33.6 Å². The highest BCUT2D eigenvalue weighted by molar-refractivity contribution is 5.07. The van der Waals surface area contributed by atoms with Gasteiger partial charge in [0.05, 0.1) is 12.1 Å². The second kappa shape index (κ2) is 5.52. The molecule has 1 aliphatic heterocycles. The molecule has 0 spiro atoms. The molecular formula is C12H23NO. The summed E-state index contributed by atoms with van der Waals surface area (Å²) in [5.41, 5.74) is 1.19. The van der Waals surface area contributed by atoms with Crippen molar-refractivity contribution in [3.05, 3.63) is 12.2 Å². The number of nitrogens with one attached hydrogen (secondary N) is 1. The van der Waals surface area contributed by atoms with Crippen molar-refractivity contribution in [3.63, 3.8) is 0 Å². The van der Waals surface area contributed by atoms with E-state index in [0.717, 1.165) is 19.6 Å². The predicted octanol–water partition coefficient (Wildman–Crippen LogP) is 2.36. The van der Waals surface area contributed by atoms with Crippen molar-refractivity contribution in [1.82, 2.24) is 5.32 Å². The van der Waals surface area contributed by atoms with Gasteiger partial charge < -0.3 is 10.1 Å². The third-order valence-corrected chi connectivity index (χ3v) is 2.92. The molecule has 1 heterocycles. The smallest absolute Gasteiger partial charge is 0.0792 e. The monoisotopic (exact) mass is 197 g/mol. The fraction of sp³-hybridized carbons (Fsp3) is 0.833. The van der Waals surface area contributed by atoms with Crippen LogP contribution in [0.3, 0.4) is 0 Å². The minimum absolute atomic E-state index is 0.332. The molecule has 0 bridgehead atoms. The minimum Gasteiger partial charge on any atom is -0.376 e. The Labute approximate surface area is 87.7 Å². The average Bonchev–Trinajstić information content (AvgIpc) is 2.52. The highest BCUT2D eigenvalue weighted by atomic mass is 16.5. The first kappa shape index (κ1) is 11.7. The first-order valence-corrected chi connectivity index (χ1v) is 5.67. The van der Waals surface area contributed by atoms with Crippen molar-refractivity contribution < 1.29 is 4.74 Å². The molecule has 0 aromatic heterocycles. The van der Waals surface area contributed by atoms with Crippen LogP contribution in [0.2, 0.25) is 0 Å². The van der Waals surface area contributed by atoms with Gasteiger partial charge in [-0.1, -0.05) is 26.0 Å². The van der Waals surface area contributed by atoms with Crippen LogP contribution in [0.25, 0.3) is 0 Å². The van der Waals surface area contributed by atoms with E-state index in [0.29, 0.717) is 18.1 Å². The summed E-state index contributed by atoms with van der Waals surface area (Å²) in [6.07, 6.45) is 2.67. The molecule has 0 amide bonds. The lowest BCUT2D eigenvalue weighted by Gasteiger charge is -2.27. The van der Waals surface area contributed by atoms with Crippen LogP contribution < -0.4 is 5.32 Å². The third kappa shape index (κ3) is 2.82. The molecule has 14 heavy (non-hydrogen) atoms. The first-order valence-electron chi connectivity index (χ1n) is 5.67. The zero-order valence-corrected chi connectivity index (χ0v) is 9.68. The van der Waals surface area contributed by atoms with Gasteiger partial charge in [-0.25, -0.2) is 0 Å². The quantitative estimate of drug-likeness (QED) is 0.683. The van der Waals surface area contributed by atoms with Gasteiger partial charge in [-0.05, 0) is 32.2 Å². The van der Waals surface area contributed by atoms with E-state index in [9.17, 15) is 0 Å². The van der Waals surface area contributed by atoms with E-state index in [-0.39, 0.29) is 0 Å². The molecule has 1 aliphatic rings. The van der Waals surface area contributed by atoms with Gasteiger partial charge in [0, 0.05) is 6.61 Å². The molecular weight excluding hydrogens is 174 g/mol. The zero-order valence-electron chi connectivity index (χ0n) is 9.68. The van der Waals surface area contributed by atoms with Crippen LogP contribution in [0.15, 0.2) is 12.2 Å². The molecule has 2 heteroatoms. The van der Waals surface area contributed by atoms with Gasteiger partial charge in [0.25, 0.3) is 0 Å². The Hall–Kier alpha value is -0.340. The Morgan fingerprint density at radius 1 is 1.64 bits per heavy atom. The van der Waals surface area contributed by atoms with Gasteiger partial charge >= 0.3 is 0 Å². The van der Waals surface area contributed by atoms with Crippen LogP contribution in [0.5, 0.6) is 0 Å². The molecule has 0 saturated carbocycles. The maximum Gasteiger partial charge on any atom is 0.0792 e. The summed E-state index contributed by atoms with van der Waals surface area (Å²) in [5.74, 6) is 0.654. The van der Waals surface area contributed by atoms with Gasteiger partial charge in [-0.3, -0.25) is 0 Å². The van der Waals surface area contributed by atoms with Gasteiger partial charge in [0.1, 0.15) is 0 Å². The Balaban J connectivity index is 2.52. The van der Waals surface area contributed by atoms with E-state index in [1.165, 1.54) is 12.0 Å². The van der Waals surface area contributed by atoms with Crippen LogP contribution >= 0.6 is 0 Å². The van der Waals surface area contributed by atoms with Crippen LogP contribution in [-0.4, -0.2) is 25.3 Å². The molecule has 82 valence electrons. The van der Waals surface area contributed by atoms with Crippen molar-refractivity contribution in [2.45, 2.75) is 45.8 Å². The predicted molar refractivity (Wildman–Crippen MR) is 60.4 cm³/mol. The number of hydrogen-bond acceptors (Lipinski definition) is 2. The maximum absolute atomic E-state index is 5.76. The average molecular weight is 197 g/mol. The summed E-state index contributed by atoms with van der Waals surface area (Å²) in [5, 5.41) is 3.52. The van der Waals surface area contributed by atoms with Gasteiger partial charge in [-0.15, -0.1) is 0 Å². The minimum atomic E-state index is 0.332. The summed E-state index contributed by atoms with van der Waals surface area (Å²) >= 11 is 0. The van der Waals surface area contributed by atoms with E-state index in [2.05, 4.69) is 32.7 Å². The van der Waals surface area contributed by atoms with Gasteiger partial charge in [-0.2, -0.15) is 0 Å². The fourth-order valence-corrected chi connectivity index (χ4v) is 2.01. The van der Waals surface area contributed by atoms with Crippen molar-refractivity contribution in [2.24, 2.45) is 5.92 Å². The molecule has 3 unspecified atom stereocenters. The fourth-order valence-electron chi connectivity index (χ4n) is 2.01. The lowest BCUT2D eigenvalue weighted by molar-refractivity contribution is 0.0714. The van der Waals surface area contributed by atoms with Crippen molar-refractivity contribution in [3.8, 4) is 0 Å². The molecule has 2 nitrogen and oxygen atoms in total. The van der Waals surface area contributed by atoms with Crippen LogP contribution in [-0.2, 0) is 4.74 Å². The largest absolute Gasteiger partial charge is 0.376 e. The van der Waals surface area contributed by atoms with E-state index in [1.807, 2.05) is 0 Å². The molecule has 0 aromatic rings. The Bertz CT molecular complexity index is 191. The maximum atomic E-state index is 5.76. The molecule has 1 N–H and O–H groups in total. The Kier molecular flexibility index (Phi) is 4.63. The normalized spacial score (nSPS) is 29.1. The number of rotatable bonds is 5. The topological polar surface area (TPSA) is 21.3 Å². The van der Waals surface area contributed by atoms with E-state index in [1.54, 1.807) is 0 Å². The highest BCUT2D eigenvalue weighted by Crippen LogP contribution is 2.25. The lowest BCUT2D eigenvalue weighted by Crippen LogP contribution is -2.43. The molecule has 1 rings (SSSR count). The van der Waals surface area contributed by atoms with Crippen LogP contribution in [0, 0.1) is 5.92 Å². The summed E-state index contributed by atoms with van der Waals surface area (Å²) in [6.45, 7) is 12.5. The summed E-state index contributed by atoms with van der Waals surface area (Å²) < 4.78 is 5.76. The molecule has 1 saturated heterocycles. The van der Waals surface area contributed by atoms with Crippen LogP contribution in [0.4, 0.5) is 0 Å². The standard InChI is InChI=1S/C12H23NO/c1-5-7-13-11(9(2)3)12-10(4)6-8-14-12/h10-13H,2,5-8H2,1,3-4H3. The highest BCUT2D eigenvalue weighted by Gasteiger charge is 2.31. The first-order chi connectivity index (χ1) is 6.66. The zero-order chi connectivity index (χ0) is 10.6. The molecule has 0 aliphatic carbocycles. The summed E-state index contributed by atoms with van der Waals surface area (Å²) in [6, 6.07) is 0.340. The molecule has 0 aromatic carbocycles. The van der Waals surface area contributed by atoms with Gasteiger partial charge in [0.15, 0.2) is 0 Å². The van der Waals surface area contributed by atoms with E-state index < -0.39 is 0 Å². The van der Waals surface area contributed by atoms with Crippen molar-refractivity contribution in [2.75, 3.05) is 13.2 Å². The molecule has 1 fully saturated rings. The second-order valence-corrected chi connectivity index (χ2v) is 4.38. The number of hydrogen-bond donors (Lipinski definition) is 1. The summed E-state index contributed by atoms with van der Waals surface area (Å²) in [4.78, 5) is 0. The molecule has 3 atom stereocenters. The lowest BCUT2D eigenvalue weighted by atomic mass is 9.93. The van der Waals surface area contributed by atoms with Crippen molar-refractivity contribution in [1.29, 1.82) is 0 Å².